The van der Waals surface area contributed by atoms with Gasteiger partial charge in [0.2, 0.25) is 5.96 Å². The molecule has 0 saturated carbocycles. The highest BCUT2D eigenvalue weighted by atomic mass is 16.5. The normalized spacial score (nSPS) is 17.2. The number of guanidine groups is 1. The number of aliphatic imine (C=N–C) groups is 3. The lowest BCUT2D eigenvalue weighted by Crippen LogP contribution is -2.33. The van der Waals surface area contributed by atoms with Gasteiger partial charge in [0.25, 0.3) is 0 Å². The molecule has 172 valence electrons. The second-order valence-electron chi connectivity index (χ2n) is 9.15. The van der Waals surface area contributed by atoms with Crippen LogP contribution in [0.25, 0.3) is 0 Å². The minimum absolute atomic E-state index is 0.0953. The fourth-order valence-electron chi connectivity index (χ4n) is 2.60. The standard InChI is InChI=1S/C23H43N5O2/c1-9-27(7)20-13-12-14-21(26-22(25-20)24-17-23(4,5)6)28(8)18-29-15-10-11-16-30-19(2)3/h10-11,19H,9,12-18H2,1-8H3. The third-order valence-corrected chi connectivity index (χ3v) is 4.50. The number of hydrogen-bond donors (Lipinski definition) is 0. The molecule has 0 N–H and O–H groups in total. The topological polar surface area (TPSA) is 62.0 Å². The van der Waals surface area contributed by atoms with E-state index in [1.807, 2.05) is 33.0 Å². The van der Waals surface area contributed by atoms with Crippen LogP contribution in [-0.2, 0) is 9.47 Å². The highest BCUT2D eigenvalue weighted by Gasteiger charge is 2.16. The minimum atomic E-state index is 0.0953. The monoisotopic (exact) mass is 421 g/mol. The Morgan fingerprint density at radius 1 is 1.03 bits per heavy atom. The molecule has 0 amide bonds. The number of ether oxygens (including phenoxy) is 2. The van der Waals surface area contributed by atoms with Gasteiger partial charge in [0.1, 0.15) is 18.4 Å². The van der Waals surface area contributed by atoms with Crippen molar-refractivity contribution in [2.75, 3.05) is 47.1 Å². The van der Waals surface area contributed by atoms with Crippen molar-refractivity contribution < 1.29 is 9.47 Å². The number of rotatable bonds is 9. The van der Waals surface area contributed by atoms with Crippen LogP contribution in [0.3, 0.4) is 0 Å². The molecule has 0 aromatic heterocycles. The van der Waals surface area contributed by atoms with Gasteiger partial charge in [0.15, 0.2) is 0 Å². The largest absolute Gasteiger partial charge is 0.375 e. The van der Waals surface area contributed by atoms with Crippen LogP contribution in [0.15, 0.2) is 27.1 Å². The molecule has 1 aliphatic rings. The lowest BCUT2D eigenvalue weighted by atomic mass is 9.97. The van der Waals surface area contributed by atoms with E-state index in [1.54, 1.807) is 0 Å². The van der Waals surface area contributed by atoms with Crippen LogP contribution in [0.4, 0.5) is 0 Å². The Kier molecular flexibility index (Phi) is 11.9. The van der Waals surface area contributed by atoms with Crippen molar-refractivity contribution in [1.29, 1.82) is 0 Å². The van der Waals surface area contributed by atoms with Gasteiger partial charge in [-0.05, 0) is 32.6 Å². The Morgan fingerprint density at radius 2 is 1.63 bits per heavy atom. The smallest absolute Gasteiger partial charge is 0.248 e. The summed E-state index contributed by atoms with van der Waals surface area (Å²) in [7, 11) is 4.09. The Hall–Kier alpha value is -1.73. The lowest BCUT2D eigenvalue weighted by molar-refractivity contribution is 0.0914. The summed E-state index contributed by atoms with van der Waals surface area (Å²) in [4.78, 5) is 18.6. The summed E-state index contributed by atoms with van der Waals surface area (Å²) in [5, 5.41) is 0. The number of nitrogens with zero attached hydrogens (tertiary/aromatic N) is 5. The highest BCUT2D eigenvalue weighted by Crippen LogP contribution is 2.15. The summed E-state index contributed by atoms with van der Waals surface area (Å²) in [6.45, 7) is 16.0. The molecule has 7 heteroatoms. The fourth-order valence-corrected chi connectivity index (χ4v) is 2.60. The molecule has 0 atom stereocenters. The van der Waals surface area contributed by atoms with Crippen LogP contribution in [0.1, 0.15) is 60.8 Å². The molecule has 0 fully saturated rings. The van der Waals surface area contributed by atoms with Gasteiger partial charge in [-0.3, -0.25) is 0 Å². The highest BCUT2D eigenvalue weighted by molar-refractivity contribution is 6.03. The molecule has 0 aromatic rings. The average Bonchev–Trinajstić information content (AvgIpc) is 2.64. The van der Waals surface area contributed by atoms with Crippen LogP contribution in [-0.4, -0.2) is 80.7 Å². The first-order chi connectivity index (χ1) is 14.1. The molecule has 0 saturated heterocycles. The maximum atomic E-state index is 5.77. The molecule has 0 unspecified atom stereocenters. The van der Waals surface area contributed by atoms with Gasteiger partial charge in [-0.25, -0.2) is 4.99 Å². The van der Waals surface area contributed by atoms with Crippen LogP contribution in [0.2, 0.25) is 0 Å². The molecule has 1 aliphatic heterocycles. The molecule has 1 heterocycles. The van der Waals surface area contributed by atoms with Crippen LogP contribution >= 0.6 is 0 Å². The zero-order chi connectivity index (χ0) is 22.6. The predicted molar refractivity (Wildman–Crippen MR) is 128 cm³/mol. The molecule has 0 spiro atoms. The van der Waals surface area contributed by atoms with Crippen molar-refractivity contribution >= 4 is 17.6 Å². The number of amidine groups is 2. The van der Waals surface area contributed by atoms with E-state index in [1.165, 1.54) is 0 Å². The maximum Gasteiger partial charge on any atom is 0.248 e. The van der Waals surface area contributed by atoms with Gasteiger partial charge in [-0.15, -0.1) is 0 Å². The Balaban J connectivity index is 2.79. The van der Waals surface area contributed by atoms with Crippen LogP contribution in [0, 0.1) is 5.41 Å². The molecule has 7 nitrogen and oxygen atoms in total. The van der Waals surface area contributed by atoms with Crippen molar-refractivity contribution in [1.82, 2.24) is 9.80 Å². The Bertz CT molecular complexity index is 618. The SMILES string of the molecule is CCN(C)C1=NC(=NCC(C)(C)C)N=C(N(C)COCC=CCOC(C)C)CCC1. The number of hydrogen-bond acceptors (Lipinski definition) is 5. The summed E-state index contributed by atoms with van der Waals surface area (Å²) in [5.74, 6) is 2.59. The summed E-state index contributed by atoms with van der Waals surface area (Å²) in [5.41, 5.74) is 0.0953. The first-order valence-electron chi connectivity index (χ1n) is 11.1. The quantitative estimate of drug-likeness (QED) is 0.318. The van der Waals surface area contributed by atoms with E-state index in [4.69, 9.17) is 24.5 Å². The van der Waals surface area contributed by atoms with E-state index in [2.05, 4.69) is 44.5 Å². The Morgan fingerprint density at radius 3 is 2.20 bits per heavy atom. The van der Waals surface area contributed by atoms with E-state index >= 15 is 0 Å². The zero-order valence-electron chi connectivity index (χ0n) is 20.4. The summed E-state index contributed by atoms with van der Waals surface area (Å²) >= 11 is 0. The van der Waals surface area contributed by atoms with Gasteiger partial charge in [0, 0.05) is 40.0 Å². The van der Waals surface area contributed by atoms with Gasteiger partial charge < -0.3 is 19.3 Å². The predicted octanol–water partition coefficient (Wildman–Crippen LogP) is 4.21. The third kappa shape index (κ3) is 11.5. The van der Waals surface area contributed by atoms with Crippen molar-refractivity contribution in [2.24, 2.45) is 20.4 Å². The maximum absolute atomic E-state index is 5.77. The van der Waals surface area contributed by atoms with Gasteiger partial charge in [-0.1, -0.05) is 32.9 Å². The van der Waals surface area contributed by atoms with E-state index in [9.17, 15) is 0 Å². The molecule has 0 aliphatic carbocycles. The second-order valence-corrected chi connectivity index (χ2v) is 9.15. The second kappa shape index (κ2) is 13.5. The Labute approximate surface area is 184 Å². The van der Waals surface area contributed by atoms with Crippen molar-refractivity contribution in [3.63, 3.8) is 0 Å². The first-order valence-corrected chi connectivity index (χ1v) is 11.1. The zero-order valence-corrected chi connectivity index (χ0v) is 20.4. The summed E-state index contributed by atoms with van der Waals surface area (Å²) in [6, 6.07) is 0. The van der Waals surface area contributed by atoms with Gasteiger partial charge >= 0.3 is 0 Å². The molecule has 0 radical (unpaired) electrons. The molecule has 1 rings (SSSR count). The van der Waals surface area contributed by atoms with Crippen LogP contribution in [0.5, 0.6) is 0 Å². The fraction of sp³-hybridized carbons (Fsp3) is 0.783. The molecule has 30 heavy (non-hydrogen) atoms. The van der Waals surface area contributed by atoms with Crippen LogP contribution < -0.4 is 0 Å². The molecular weight excluding hydrogens is 378 g/mol. The molecular formula is C23H43N5O2. The van der Waals surface area contributed by atoms with Crippen molar-refractivity contribution in [3.05, 3.63) is 12.2 Å². The van der Waals surface area contributed by atoms with E-state index in [0.29, 0.717) is 32.4 Å². The van der Waals surface area contributed by atoms with Crippen molar-refractivity contribution in [2.45, 2.75) is 66.9 Å². The lowest BCUT2D eigenvalue weighted by Gasteiger charge is -2.25. The van der Waals surface area contributed by atoms with Gasteiger partial charge in [-0.2, -0.15) is 9.98 Å². The summed E-state index contributed by atoms with van der Waals surface area (Å²) < 4.78 is 11.3. The van der Waals surface area contributed by atoms with E-state index < -0.39 is 0 Å². The van der Waals surface area contributed by atoms with Gasteiger partial charge in [0.05, 0.1) is 19.3 Å². The minimum Gasteiger partial charge on any atom is -0.375 e. The molecule has 0 aromatic carbocycles. The average molecular weight is 422 g/mol. The third-order valence-electron chi connectivity index (χ3n) is 4.50. The van der Waals surface area contributed by atoms with E-state index in [-0.39, 0.29) is 11.5 Å². The first kappa shape index (κ1) is 26.3. The molecule has 0 bridgehead atoms. The summed E-state index contributed by atoms with van der Waals surface area (Å²) in [6.07, 6.45) is 7.03. The van der Waals surface area contributed by atoms with E-state index in [0.717, 1.165) is 37.5 Å². The van der Waals surface area contributed by atoms with Crippen molar-refractivity contribution in [3.8, 4) is 0 Å².